The van der Waals surface area contributed by atoms with Gasteiger partial charge in [-0.2, -0.15) is 5.26 Å². The minimum Gasteiger partial charge on any atom is -0.332 e. The monoisotopic (exact) mass is 243 g/mol. The van der Waals surface area contributed by atoms with Crippen LogP contribution in [0.4, 0.5) is 10.8 Å². The van der Waals surface area contributed by atoms with Gasteiger partial charge in [0.15, 0.2) is 10.9 Å². The van der Waals surface area contributed by atoms with E-state index in [4.69, 9.17) is 5.26 Å². The number of thiazole rings is 1. The zero-order valence-electron chi connectivity index (χ0n) is 9.10. The zero-order chi connectivity index (χ0) is 12.3. The highest BCUT2D eigenvalue weighted by atomic mass is 32.1. The molecule has 2 aromatic rings. The summed E-state index contributed by atoms with van der Waals surface area (Å²) in [6.07, 6.45) is 0. The SMILES string of the molecule is CC(=O)c1csc(Nc2ccc(C#N)cc2)n1. The molecule has 1 heterocycles. The number of carbonyl (C=O) groups is 1. The summed E-state index contributed by atoms with van der Waals surface area (Å²) in [5.41, 5.74) is 1.92. The van der Waals surface area contributed by atoms with E-state index in [0.29, 0.717) is 16.4 Å². The molecule has 4 nitrogen and oxygen atoms in total. The van der Waals surface area contributed by atoms with Crippen molar-refractivity contribution in [2.75, 3.05) is 5.32 Å². The van der Waals surface area contributed by atoms with E-state index in [1.807, 2.05) is 0 Å². The van der Waals surface area contributed by atoms with Gasteiger partial charge in [-0.3, -0.25) is 4.79 Å². The minimum absolute atomic E-state index is 0.0471. The number of Topliss-reactive ketones (excluding diaryl/α,β-unsaturated/α-hetero) is 1. The Morgan fingerprint density at radius 2 is 2.12 bits per heavy atom. The molecule has 1 aromatic heterocycles. The van der Waals surface area contributed by atoms with Crippen molar-refractivity contribution in [3.8, 4) is 6.07 Å². The first kappa shape index (κ1) is 11.3. The number of hydrogen-bond donors (Lipinski definition) is 1. The number of rotatable bonds is 3. The highest BCUT2D eigenvalue weighted by Gasteiger charge is 2.05. The van der Waals surface area contributed by atoms with Gasteiger partial charge in [0.2, 0.25) is 0 Å². The Hall–Kier alpha value is -2.19. The van der Waals surface area contributed by atoms with Crippen molar-refractivity contribution >= 4 is 27.9 Å². The zero-order valence-corrected chi connectivity index (χ0v) is 9.91. The lowest BCUT2D eigenvalue weighted by atomic mass is 10.2. The van der Waals surface area contributed by atoms with Crippen molar-refractivity contribution in [1.82, 2.24) is 4.98 Å². The summed E-state index contributed by atoms with van der Waals surface area (Å²) in [6.45, 7) is 1.49. The normalized spacial score (nSPS) is 9.65. The molecule has 0 aliphatic carbocycles. The Kier molecular flexibility index (Phi) is 3.17. The van der Waals surface area contributed by atoms with Crippen LogP contribution in [0.1, 0.15) is 23.0 Å². The number of hydrogen-bond acceptors (Lipinski definition) is 5. The Bertz CT molecular complexity index is 581. The molecule has 0 radical (unpaired) electrons. The third-order valence-corrected chi connectivity index (χ3v) is 2.89. The van der Waals surface area contributed by atoms with Crippen LogP contribution in [0.3, 0.4) is 0 Å². The van der Waals surface area contributed by atoms with Crippen molar-refractivity contribution in [3.05, 3.63) is 40.9 Å². The van der Waals surface area contributed by atoms with E-state index in [-0.39, 0.29) is 5.78 Å². The van der Waals surface area contributed by atoms with Crippen molar-refractivity contribution in [2.45, 2.75) is 6.92 Å². The quantitative estimate of drug-likeness (QED) is 0.842. The predicted octanol–water partition coefficient (Wildman–Crippen LogP) is 2.96. The first-order valence-corrected chi connectivity index (χ1v) is 5.80. The summed E-state index contributed by atoms with van der Waals surface area (Å²) >= 11 is 1.37. The van der Waals surface area contributed by atoms with Crippen molar-refractivity contribution < 1.29 is 4.79 Å². The first-order valence-electron chi connectivity index (χ1n) is 4.92. The van der Waals surface area contributed by atoms with Crippen LogP contribution in [0.15, 0.2) is 29.6 Å². The van der Waals surface area contributed by atoms with Gasteiger partial charge in [0.05, 0.1) is 11.6 Å². The Labute approximate surface area is 103 Å². The lowest BCUT2D eigenvalue weighted by Gasteiger charge is -2.01. The second kappa shape index (κ2) is 4.76. The summed E-state index contributed by atoms with van der Waals surface area (Å²) in [6, 6.07) is 9.10. The molecule has 0 spiro atoms. The number of anilines is 2. The Morgan fingerprint density at radius 1 is 1.41 bits per heavy atom. The highest BCUT2D eigenvalue weighted by molar-refractivity contribution is 7.14. The fourth-order valence-electron chi connectivity index (χ4n) is 1.24. The number of carbonyl (C=O) groups excluding carboxylic acids is 1. The van der Waals surface area contributed by atoms with Gasteiger partial charge in [-0.1, -0.05) is 0 Å². The number of ketones is 1. The van der Waals surface area contributed by atoms with Crippen LogP contribution in [-0.2, 0) is 0 Å². The number of nitriles is 1. The second-order valence-corrected chi connectivity index (χ2v) is 4.27. The van der Waals surface area contributed by atoms with Crippen LogP contribution in [-0.4, -0.2) is 10.8 Å². The van der Waals surface area contributed by atoms with Crippen LogP contribution in [0.25, 0.3) is 0 Å². The molecule has 0 fully saturated rings. The molecule has 0 unspecified atom stereocenters. The van der Waals surface area contributed by atoms with Gasteiger partial charge in [-0.05, 0) is 24.3 Å². The summed E-state index contributed by atoms with van der Waals surface area (Å²) in [5, 5.41) is 14.1. The van der Waals surface area contributed by atoms with Gasteiger partial charge >= 0.3 is 0 Å². The van der Waals surface area contributed by atoms with Gasteiger partial charge in [0.25, 0.3) is 0 Å². The van der Waals surface area contributed by atoms with Crippen molar-refractivity contribution in [1.29, 1.82) is 5.26 Å². The molecule has 17 heavy (non-hydrogen) atoms. The molecular weight excluding hydrogens is 234 g/mol. The van der Waals surface area contributed by atoms with Crippen LogP contribution >= 0.6 is 11.3 Å². The van der Waals surface area contributed by atoms with Gasteiger partial charge in [-0.25, -0.2) is 4.98 Å². The standard InChI is InChI=1S/C12H9N3OS/c1-8(16)11-7-17-12(15-11)14-10-4-2-9(6-13)3-5-10/h2-5,7H,1H3,(H,14,15). The largest absolute Gasteiger partial charge is 0.332 e. The summed E-state index contributed by atoms with van der Waals surface area (Å²) in [4.78, 5) is 15.2. The van der Waals surface area contributed by atoms with E-state index >= 15 is 0 Å². The molecule has 0 saturated carbocycles. The third kappa shape index (κ3) is 2.68. The van der Waals surface area contributed by atoms with Crippen molar-refractivity contribution in [3.63, 3.8) is 0 Å². The lowest BCUT2D eigenvalue weighted by molar-refractivity contribution is 0.101. The summed E-state index contributed by atoms with van der Waals surface area (Å²) in [7, 11) is 0. The molecule has 1 N–H and O–H groups in total. The maximum absolute atomic E-state index is 11.1. The molecular formula is C12H9N3OS. The molecule has 84 valence electrons. The predicted molar refractivity (Wildman–Crippen MR) is 66.6 cm³/mol. The van der Waals surface area contributed by atoms with Crippen LogP contribution in [0, 0.1) is 11.3 Å². The average molecular weight is 243 g/mol. The van der Waals surface area contributed by atoms with E-state index < -0.39 is 0 Å². The van der Waals surface area contributed by atoms with E-state index in [1.54, 1.807) is 29.6 Å². The van der Waals surface area contributed by atoms with Gasteiger partial charge in [0.1, 0.15) is 5.69 Å². The lowest BCUT2D eigenvalue weighted by Crippen LogP contribution is -1.94. The van der Waals surface area contributed by atoms with E-state index in [9.17, 15) is 4.79 Å². The van der Waals surface area contributed by atoms with Gasteiger partial charge in [0, 0.05) is 18.0 Å². The topological polar surface area (TPSA) is 65.8 Å². The highest BCUT2D eigenvalue weighted by Crippen LogP contribution is 2.21. The van der Waals surface area contributed by atoms with E-state index in [2.05, 4.69) is 16.4 Å². The molecule has 0 atom stereocenters. The van der Waals surface area contributed by atoms with Crippen LogP contribution in [0.5, 0.6) is 0 Å². The molecule has 1 aromatic carbocycles. The molecule has 0 aliphatic rings. The summed E-state index contributed by atoms with van der Waals surface area (Å²) < 4.78 is 0. The molecule has 0 saturated heterocycles. The van der Waals surface area contributed by atoms with Crippen LogP contribution in [0.2, 0.25) is 0 Å². The van der Waals surface area contributed by atoms with E-state index in [0.717, 1.165) is 5.69 Å². The van der Waals surface area contributed by atoms with Crippen molar-refractivity contribution in [2.24, 2.45) is 0 Å². The second-order valence-electron chi connectivity index (χ2n) is 3.41. The molecule has 0 aliphatic heterocycles. The number of nitrogens with zero attached hydrogens (tertiary/aromatic N) is 2. The third-order valence-electron chi connectivity index (χ3n) is 2.13. The average Bonchev–Trinajstić information content (AvgIpc) is 2.79. The number of benzene rings is 1. The van der Waals surface area contributed by atoms with Crippen LogP contribution < -0.4 is 5.32 Å². The maximum Gasteiger partial charge on any atom is 0.187 e. The number of aromatic nitrogens is 1. The molecule has 5 heteroatoms. The fourth-order valence-corrected chi connectivity index (χ4v) is 2.01. The van der Waals surface area contributed by atoms with Gasteiger partial charge in [-0.15, -0.1) is 11.3 Å². The van der Waals surface area contributed by atoms with E-state index in [1.165, 1.54) is 18.3 Å². The number of nitrogens with one attached hydrogen (secondary N) is 1. The smallest absolute Gasteiger partial charge is 0.187 e. The van der Waals surface area contributed by atoms with Gasteiger partial charge < -0.3 is 5.32 Å². The summed E-state index contributed by atoms with van der Waals surface area (Å²) in [5.74, 6) is -0.0471. The fraction of sp³-hybridized carbons (Fsp3) is 0.0833. The Balaban J connectivity index is 2.14. The Morgan fingerprint density at radius 3 is 2.65 bits per heavy atom. The molecule has 0 bridgehead atoms. The minimum atomic E-state index is -0.0471. The molecule has 2 rings (SSSR count). The molecule has 0 amide bonds. The maximum atomic E-state index is 11.1. The first-order chi connectivity index (χ1) is 8.19.